The number of hydrogen-bond donors (Lipinski definition) is 0. The van der Waals surface area contributed by atoms with Gasteiger partial charge in [0.05, 0.1) is 32.2 Å². The van der Waals surface area contributed by atoms with Crippen molar-refractivity contribution in [2.75, 3.05) is 57.6 Å². The number of anilines is 1. The van der Waals surface area contributed by atoms with E-state index in [1.165, 1.54) is 13.2 Å². The van der Waals surface area contributed by atoms with Gasteiger partial charge < -0.3 is 19.5 Å². The third kappa shape index (κ3) is 4.22. The summed E-state index contributed by atoms with van der Waals surface area (Å²) in [6.07, 6.45) is 4.50. The van der Waals surface area contributed by atoms with E-state index >= 15 is 0 Å². The molecule has 2 fully saturated rings. The first-order chi connectivity index (χ1) is 11.9. The number of nitrogens with zero attached hydrogens (tertiary/aromatic N) is 3. The average molecular weight is 367 g/mol. The molecule has 7 nitrogen and oxygen atoms in total. The van der Waals surface area contributed by atoms with Gasteiger partial charge in [-0.25, -0.2) is 0 Å². The van der Waals surface area contributed by atoms with Crippen molar-refractivity contribution in [1.29, 1.82) is 0 Å². The van der Waals surface area contributed by atoms with Gasteiger partial charge in [-0.05, 0) is 24.6 Å². The van der Waals surface area contributed by atoms with Gasteiger partial charge >= 0.3 is 5.69 Å². The van der Waals surface area contributed by atoms with Crippen LogP contribution in [-0.2, 0) is 0 Å². The summed E-state index contributed by atoms with van der Waals surface area (Å²) >= 11 is 0. The van der Waals surface area contributed by atoms with Gasteiger partial charge in [-0.15, -0.1) is 0 Å². The molecule has 0 N–H and O–H groups in total. The maximum atomic E-state index is 12.0. The molecule has 0 saturated carbocycles. The molecule has 138 valence electrons. The molecule has 8 heteroatoms. The number of hydroxylamine groups is 3. The van der Waals surface area contributed by atoms with Crippen LogP contribution in [0.15, 0.2) is 18.2 Å². The van der Waals surface area contributed by atoms with Crippen LogP contribution < -0.4 is 9.64 Å². The van der Waals surface area contributed by atoms with Crippen molar-refractivity contribution in [2.45, 2.75) is 18.5 Å². The number of hydrogen-bond acceptors (Lipinski definition) is 5. The molecule has 0 amide bonds. The highest BCUT2D eigenvalue weighted by atomic mass is 31.1. The summed E-state index contributed by atoms with van der Waals surface area (Å²) in [5, 5.41) is 23.0. The maximum Gasteiger partial charge on any atom is 0.311 e. The van der Waals surface area contributed by atoms with Crippen molar-refractivity contribution in [2.24, 2.45) is 0 Å². The molecule has 2 aliphatic heterocycles. The Hall–Kier alpha value is -1.43. The molecule has 3 rings (SSSR count). The summed E-state index contributed by atoms with van der Waals surface area (Å²) in [6, 6.07) is 5.11. The Balaban J connectivity index is 1.60. The molecular formula is C17H26N3O4P. The van der Waals surface area contributed by atoms with E-state index in [0.29, 0.717) is 5.75 Å². The quantitative estimate of drug-likeness (QED) is 0.269. The number of nitro benzene ring substituents is 1. The van der Waals surface area contributed by atoms with E-state index in [1.807, 2.05) is 6.07 Å². The van der Waals surface area contributed by atoms with Gasteiger partial charge in [0.15, 0.2) is 5.75 Å². The van der Waals surface area contributed by atoms with Gasteiger partial charge in [0.2, 0.25) is 0 Å². The van der Waals surface area contributed by atoms with E-state index in [-0.39, 0.29) is 18.3 Å². The number of methoxy groups -OCH3 is 1. The zero-order valence-electron chi connectivity index (χ0n) is 14.9. The zero-order chi connectivity index (χ0) is 18.0. The molecule has 1 aromatic carbocycles. The Morgan fingerprint density at radius 2 is 1.92 bits per heavy atom. The summed E-state index contributed by atoms with van der Waals surface area (Å²) in [4.78, 5) is 12.9. The van der Waals surface area contributed by atoms with Crippen molar-refractivity contribution < 1.29 is 14.3 Å². The Morgan fingerprint density at radius 1 is 1.28 bits per heavy atom. The van der Waals surface area contributed by atoms with Crippen molar-refractivity contribution in [3.63, 3.8) is 0 Å². The second-order valence-corrected chi connectivity index (χ2v) is 9.91. The topological polar surface area (TPSA) is 78.7 Å². The number of benzene rings is 1. The van der Waals surface area contributed by atoms with E-state index < -0.39 is 4.92 Å². The number of nitro groups is 1. The second kappa shape index (κ2) is 7.44. The largest absolute Gasteiger partial charge is 0.633 e. The first kappa shape index (κ1) is 18.4. The van der Waals surface area contributed by atoms with Crippen molar-refractivity contribution in [3.8, 4) is 5.75 Å². The molecule has 0 atom stereocenters. The predicted octanol–water partition coefficient (Wildman–Crippen LogP) is 3.01. The zero-order valence-corrected chi connectivity index (χ0v) is 15.8. The smallest absolute Gasteiger partial charge is 0.311 e. The fourth-order valence-corrected chi connectivity index (χ4v) is 7.05. The van der Waals surface area contributed by atoms with Gasteiger partial charge in [-0.2, -0.15) is 0 Å². The molecule has 0 radical (unpaired) electrons. The standard InChI is InChI=1S/C17H26N3O4P/c1-20(23)9-11-25(12-10-20)15-5-7-18(8-6-15)14-3-4-16(19(21)22)17(13-14)24-2/h3-4,13,15H,5-12H2,1-2H3. The summed E-state index contributed by atoms with van der Waals surface area (Å²) in [5.41, 5.74) is 1.75. The molecule has 2 saturated heterocycles. The van der Waals surface area contributed by atoms with Crippen LogP contribution in [-0.4, -0.2) is 67.9 Å². The van der Waals surface area contributed by atoms with E-state index in [1.54, 1.807) is 13.1 Å². The summed E-state index contributed by atoms with van der Waals surface area (Å²) in [5.74, 6) is 0.314. The molecular weight excluding hydrogens is 341 g/mol. The van der Waals surface area contributed by atoms with Crippen LogP contribution in [0.25, 0.3) is 0 Å². The summed E-state index contributed by atoms with van der Waals surface area (Å²) in [6.45, 7) is 3.47. The molecule has 1 aromatic rings. The lowest BCUT2D eigenvalue weighted by molar-refractivity contribution is -0.857. The van der Waals surface area contributed by atoms with Gasteiger partial charge in [0.1, 0.15) is 0 Å². The van der Waals surface area contributed by atoms with E-state index in [2.05, 4.69) is 4.90 Å². The third-order valence-corrected chi connectivity index (χ3v) is 8.52. The SMILES string of the molecule is COc1cc(N2CCC(P3CC[N+](C)([O-])CC3)CC2)ccc1[N+](=O)[O-]. The molecule has 2 aliphatic rings. The highest BCUT2D eigenvalue weighted by molar-refractivity contribution is 7.58. The van der Waals surface area contributed by atoms with Crippen molar-refractivity contribution in [3.05, 3.63) is 33.5 Å². The third-order valence-electron chi connectivity index (χ3n) is 5.43. The number of piperidine rings is 1. The van der Waals surface area contributed by atoms with Crippen LogP contribution in [0.5, 0.6) is 5.75 Å². The van der Waals surface area contributed by atoms with E-state index in [4.69, 9.17) is 4.74 Å². The van der Waals surface area contributed by atoms with Gasteiger partial charge in [-0.1, -0.05) is 7.92 Å². The van der Waals surface area contributed by atoms with Crippen LogP contribution in [0.1, 0.15) is 12.8 Å². The minimum atomic E-state index is -0.414. The Labute approximate surface area is 149 Å². The number of ether oxygens (including phenoxy) is 1. The van der Waals surface area contributed by atoms with Gasteiger partial charge in [0, 0.05) is 43.2 Å². The first-order valence-electron chi connectivity index (χ1n) is 8.76. The molecule has 0 spiro atoms. The molecule has 0 aliphatic carbocycles. The minimum absolute atomic E-state index is 0.00517. The highest BCUT2D eigenvalue weighted by Gasteiger charge is 2.31. The van der Waals surface area contributed by atoms with Gasteiger partial charge in [-0.3, -0.25) is 10.1 Å². The normalized spacial score (nSPS) is 28.0. The van der Waals surface area contributed by atoms with Crippen LogP contribution >= 0.6 is 7.92 Å². The van der Waals surface area contributed by atoms with Crippen LogP contribution in [0.3, 0.4) is 0 Å². The fourth-order valence-electron chi connectivity index (χ4n) is 3.77. The van der Waals surface area contributed by atoms with Crippen LogP contribution in [0.2, 0.25) is 0 Å². The molecule has 0 aromatic heterocycles. The maximum absolute atomic E-state index is 12.0. The molecule has 25 heavy (non-hydrogen) atoms. The highest BCUT2D eigenvalue weighted by Crippen LogP contribution is 2.48. The van der Waals surface area contributed by atoms with Crippen molar-refractivity contribution >= 4 is 19.3 Å². The van der Waals surface area contributed by atoms with Crippen LogP contribution in [0, 0.1) is 15.3 Å². The van der Waals surface area contributed by atoms with Gasteiger partial charge in [0.25, 0.3) is 0 Å². The predicted molar refractivity (Wildman–Crippen MR) is 101 cm³/mol. The van der Waals surface area contributed by atoms with Crippen LogP contribution in [0.4, 0.5) is 11.4 Å². The van der Waals surface area contributed by atoms with E-state index in [0.717, 1.165) is 62.7 Å². The number of quaternary nitrogens is 1. The Kier molecular flexibility index (Phi) is 5.46. The lowest BCUT2D eigenvalue weighted by atomic mass is 10.1. The fraction of sp³-hybridized carbons (Fsp3) is 0.647. The Bertz CT molecular complexity index is 622. The second-order valence-electron chi connectivity index (χ2n) is 7.11. The monoisotopic (exact) mass is 367 g/mol. The molecule has 0 bridgehead atoms. The average Bonchev–Trinajstić information content (AvgIpc) is 2.61. The lowest BCUT2D eigenvalue weighted by Gasteiger charge is -2.47. The first-order valence-corrected chi connectivity index (χ1v) is 10.5. The minimum Gasteiger partial charge on any atom is -0.633 e. The summed E-state index contributed by atoms with van der Waals surface area (Å²) in [7, 11) is 3.24. The molecule has 0 unspecified atom stereocenters. The lowest BCUT2D eigenvalue weighted by Crippen LogP contribution is -2.47. The molecule has 2 heterocycles. The Morgan fingerprint density at radius 3 is 2.48 bits per heavy atom. The summed E-state index contributed by atoms with van der Waals surface area (Å²) < 4.78 is 5.11. The van der Waals surface area contributed by atoms with E-state index in [9.17, 15) is 15.3 Å². The number of rotatable bonds is 4. The van der Waals surface area contributed by atoms with Crippen molar-refractivity contribution in [1.82, 2.24) is 0 Å².